The molecule has 1 rings (SSSR count). The van der Waals surface area contributed by atoms with E-state index in [0.717, 1.165) is 5.82 Å². The summed E-state index contributed by atoms with van der Waals surface area (Å²) >= 11 is 0. The zero-order valence-electron chi connectivity index (χ0n) is 8.51. The number of hydrogen-bond donors (Lipinski definition) is 0. The molecule has 0 saturated heterocycles. The maximum atomic E-state index is 8.63. The van der Waals surface area contributed by atoms with Gasteiger partial charge in [-0.25, -0.2) is 9.97 Å². The van der Waals surface area contributed by atoms with Crippen molar-refractivity contribution in [2.45, 2.75) is 26.4 Å². The first-order valence-corrected chi connectivity index (χ1v) is 4.61. The first kappa shape index (κ1) is 10.6. The Bertz CT molecular complexity index is 302. The Hall–Kier alpha value is -1.47. The van der Waals surface area contributed by atoms with Crippen LogP contribution in [0.15, 0.2) is 18.5 Å². The van der Waals surface area contributed by atoms with E-state index in [1.807, 2.05) is 4.90 Å². The fraction of sp³-hybridized carbons (Fsp3) is 0.500. The van der Waals surface area contributed by atoms with E-state index < -0.39 is 0 Å². The molecule has 0 aromatic carbocycles. The molecule has 1 aromatic rings. The minimum Gasteiger partial charge on any atom is -0.281 e. The topological polar surface area (TPSA) is 52.8 Å². The second kappa shape index (κ2) is 5.30. The number of hydrogen-bond acceptors (Lipinski definition) is 4. The molecule has 1 heterocycles. The molecule has 0 spiro atoms. The molecule has 0 aliphatic heterocycles. The molecule has 4 nitrogen and oxygen atoms in total. The summed E-state index contributed by atoms with van der Waals surface area (Å²) in [6.07, 6.45) is 3.43. The molecule has 4 heteroatoms. The van der Waals surface area contributed by atoms with Crippen molar-refractivity contribution < 1.29 is 0 Å². The molecule has 0 radical (unpaired) electrons. The number of nitriles is 1. The molecule has 0 atom stereocenters. The average Bonchev–Trinajstić information content (AvgIpc) is 2.18. The van der Waals surface area contributed by atoms with Crippen molar-refractivity contribution in [3.8, 4) is 6.07 Å². The van der Waals surface area contributed by atoms with Crippen LogP contribution in [0.5, 0.6) is 0 Å². The highest BCUT2D eigenvalue weighted by Crippen LogP contribution is 2.02. The zero-order valence-corrected chi connectivity index (χ0v) is 8.51. The van der Waals surface area contributed by atoms with Crippen LogP contribution in [-0.4, -0.2) is 27.5 Å². The molecule has 0 amide bonds. The summed E-state index contributed by atoms with van der Waals surface area (Å²) in [6, 6.07) is 4.26. The largest absolute Gasteiger partial charge is 0.281 e. The van der Waals surface area contributed by atoms with E-state index in [-0.39, 0.29) is 0 Å². The first-order valence-electron chi connectivity index (χ1n) is 4.61. The van der Waals surface area contributed by atoms with Crippen LogP contribution >= 0.6 is 0 Å². The molecule has 74 valence electrons. The van der Waals surface area contributed by atoms with Gasteiger partial charge < -0.3 is 0 Å². The predicted molar refractivity (Wildman–Crippen MR) is 53.2 cm³/mol. The molecular weight excluding hydrogens is 176 g/mol. The maximum absolute atomic E-state index is 8.63. The van der Waals surface area contributed by atoms with Crippen molar-refractivity contribution >= 4 is 0 Å². The van der Waals surface area contributed by atoms with E-state index >= 15 is 0 Å². The van der Waals surface area contributed by atoms with Crippen LogP contribution in [0.2, 0.25) is 0 Å². The second-order valence-corrected chi connectivity index (χ2v) is 3.32. The summed E-state index contributed by atoms with van der Waals surface area (Å²) in [6.45, 7) is 5.16. The van der Waals surface area contributed by atoms with E-state index in [0.29, 0.717) is 19.1 Å². The van der Waals surface area contributed by atoms with Crippen molar-refractivity contribution in [1.29, 1.82) is 5.26 Å². The zero-order chi connectivity index (χ0) is 10.4. The smallest absolute Gasteiger partial charge is 0.142 e. The minimum absolute atomic E-state index is 0.332. The van der Waals surface area contributed by atoms with Crippen LogP contribution in [0.1, 0.15) is 19.7 Å². The summed E-state index contributed by atoms with van der Waals surface area (Å²) in [7, 11) is 0. The second-order valence-electron chi connectivity index (χ2n) is 3.32. The van der Waals surface area contributed by atoms with Crippen molar-refractivity contribution in [2.24, 2.45) is 0 Å². The summed E-state index contributed by atoms with van der Waals surface area (Å²) in [5.74, 6) is 0.761. The molecule has 1 aromatic heterocycles. The minimum atomic E-state index is 0.332. The van der Waals surface area contributed by atoms with Gasteiger partial charge in [0.05, 0.1) is 19.2 Å². The van der Waals surface area contributed by atoms with Crippen molar-refractivity contribution in [1.82, 2.24) is 14.9 Å². The van der Waals surface area contributed by atoms with Crippen molar-refractivity contribution in [3.05, 3.63) is 24.3 Å². The Balaban J connectivity index is 2.61. The molecule has 0 saturated carbocycles. The fourth-order valence-corrected chi connectivity index (χ4v) is 1.11. The van der Waals surface area contributed by atoms with E-state index in [4.69, 9.17) is 5.26 Å². The highest BCUT2D eigenvalue weighted by molar-refractivity contribution is 4.90. The average molecular weight is 190 g/mol. The van der Waals surface area contributed by atoms with Gasteiger partial charge in [0.1, 0.15) is 5.82 Å². The molecule has 14 heavy (non-hydrogen) atoms. The SMILES string of the molecule is CC(C)N(CC#N)Cc1ncccn1. The highest BCUT2D eigenvalue weighted by atomic mass is 15.2. The summed E-state index contributed by atoms with van der Waals surface area (Å²) < 4.78 is 0. The Morgan fingerprint density at radius 1 is 1.43 bits per heavy atom. The summed E-state index contributed by atoms with van der Waals surface area (Å²) in [4.78, 5) is 10.3. The first-order chi connectivity index (χ1) is 6.74. The Morgan fingerprint density at radius 3 is 2.57 bits per heavy atom. The van der Waals surface area contributed by atoms with E-state index in [1.165, 1.54) is 0 Å². The lowest BCUT2D eigenvalue weighted by Crippen LogP contribution is -2.31. The van der Waals surface area contributed by atoms with E-state index in [9.17, 15) is 0 Å². The van der Waals surface area contributed by atoms with Gasteiger partial charge in [-0.2, -0.15) is 5.26 Å². The lowest BCUT2D eigenvalue weighted by atomic mass is 10.3. The standard InChI is InChI=1S/C10H14N4/c1-9(2)14(7-4-11)8-10-12-5-3-6-13-10/h3,5-6,9H,7-8H2,1-2H3. The van der Waals surface area contributed by atoms with Crippen LogP contribution in [0.4, 0.5) is 0 Å². The van der Waals surface area contributed by atoms with Crippen molar-refractivity contribution in [3.63, 3.8) is 0 Å². The Labute approximate surface area is 84.2 Å². The molecule has 0 N–H and O–H groups in total. The summed E-state index contributed by atoms with van der Waals surface area (Å²) in [5.41, 5.74) is 0. The van der Waals surface area contributed by atoms with Gasteiger partial charge in [0.2, 0.25) is 0 Å². The van der Waals surface area contributed by atoms with Crippen LogP contribution in [-0.2, 0) is 6.54 Å². The lowest BCUT2D eigenvalue weighted by molar-refractivity contribution is 0.234. The predicted octanol–water partition coefficient (Wildman–Crippen LogP) is 1.21. The van der Waals surface area contributed by atoms with Crippen LogP contribution in [0.3, 0.4) is 0 Å². The Morgan fingerprint density at radius 2 is 2.07 bits per heavy atom. The number of rotatable bonds is 4. The van der Waals surface area contributed by atoms with Gasteiger partial charge in [-0.05, 0) is 19.9 Å². The third-order valence-corrected chi connectivity index (χ3v) is 1.97. The van der Waals surface area contributed by atoms with E-state index in [1.54, 1.807) is 18.5 Å². The quantitative estimate of drug-likeness (QED) is 0.670. The maximum Gasteiger partial charge on any atom is 0.142 e. The third kappa shape index (κ3) is 3.11. The normalized spacial score (nSPS) is 10.5. The number of nitrogens with zero attached hydrogens (tertiary/aromatic N) is 4. The van der Waals surface area contributed by atoms with Gasteiger partial charge in [-0.1, -0.05) is 0 Å². The van der Waals surface area contributed by atoms with Crippen LogP contribution in [0, 0.1) is 11.3 Å². The molecule has 0 fully saturated rings. The van der Waals surface area contributed by atoms with Gasteiger partial charge in [0.15, 0.2) is 0 Å². The van der Waals surface area contributed by atoms with Gasteiger partial charge in [-0.15, -0.1) is 0 Å². The monoisotopic (exact) mass is 190 g/mol. The number of aromatic nitrogens is 2. The van der Waals surface area contributed by atoms with Gasteiger partial charge in [-0.3, -0.25) is 4.90 Å². The van der Waals surface area contributed by atoms with Gasteiger partial charge >= 0.3 is 0 Å². The molecule has 0 aliphatic rings. The fourth-order valence-electron chi connectivity index (χ4n) is 1.11. The van der Waals surface area contributed by atoms with Crippen molar-refractivity contribution in [2.75, 3.05) is 6.54 Å². The van der Waals surface area contributed by atoms with E-state index in [2.05, 4.69) is 29.9 Å². The molecule has 0 unspecified atom stereocenters. The summed E-state index contributed by atoms with van der Waals surface area (Å²) in [5, 5.41) is 8.63. The highest BCUT2D eigenvalue weighted by Gasteiger charge is 2.10. The molecule has 0 bridgehead atoms. The molecule has 0 aliphatic carbocycles. The van der Waals surface area contributed by atoms with Crippen LogP contribution in [0.25, 0.3) is 0 Å². The van der Waals surface area contributed by atoms with Gasteiger partial charge in [0.25, 0.3) is 0 Å². The van der Waals surface area contributed by atoms with Gasteiger partial charge in [0, 0.05) is 18.4 Å². The molecular formula is C10H14N4. The van der Waals surface area contributed by atoms with Crippen LogP contribution < -0.4 is 0 Å². The Kier molecular flexibility index (Phi) is 4.02. The lowest BCUT2D eigenvalue weighted by Gasteiger charge is -2.22. The third-order valence-electron chi connectivity index (χ3n) is 1.97.